The number of amides is 2. The molecule has 192 valence electrons. The molecule has 0 aromatic heterocycles. The molecule has 0 spiro atoms. The van der Waals surface area contributed by atoms with Crippen LogP contribution in [-0.2, 0) is 20.7 Å². The van der Waals surface area contributed by atoms with Crippen molar-refractivity contribution < 1.29 is 19.1 Å². The molecule has 3 aromatic carbocycles. The van der Waals surface area contributed by atoms with E-state index in [1.807, 2.05) is 36.4 Å². The van der Waals surface area contributed by atoms with Crippen LogP contribution in [0.5, 0.6) is 0 Å². The quantitative estimate of drug-likeness (QED) is 0.360. The third-order valence-corrected chi connectivity index (χ3v) is 6.98. The number of nitrogens with one attached hydrogen (secondary N) is 1. The van der Waals surface area contributed by atoms with Gasteiger partial charge >= 0.3 is 5.97 Å². The number of halogens is 2. The van der Waals surface area contributed by atoms with E-state index in [1.165, 1.54) is 0 Å². The zero-order valence-corrected chi connectivity index (χ0v) is 22.0. The van der Waals surface area contributed by atoms with E-state index in [2.05, 4.69) is 5.32 Å². The molecule has 1 aliphatic heterocycles. The molecule has 4 rings (SSSR count). The zero-order chi connectivity index (χ0) is 26.4. The number of rotatable bonds is 9. The minimum atomic E-state index is -0.745. The summed E-state index contributed by atoms with van der Waals surface area (Å²) in [6.07, 6.45) is 0.657. The Morgan fingerprint density at radius 2 is 1.70 bits per heavy atom. The van der Waals surface area contributed by atoms with Gasteiger partial charge in [-0.15, -0.1) is 0 Å². The van der Waals surface area contributed by atoms with Crippen molar-refractivity contribution in [2.45, 2.75) is 31.7 Å². The molecule has 0 fully saturated rings. The molecule has 0 saturated heterocycles. The van der Waals surface area contributed by atoms with Crippen molar-refractivity contribution in [2.75, 3.05) is 19.7 Å². The van der Waals surface area contributed by atoms with Crippen LogP contribution in [0.3, 0.4) is 0 Å². The van der Waals surface area contributed by atoms with Crippen LogP contribution in [0.15, 0.2) is 72.8 Å². The molecule has 0 saturated carbocycles. The molecule has 0 unspecified atom stereocenters. The van der Waals surface area contributed by atoms with Crippen LogP contribution in [0, 0.1) is 0 Å². The third kappa shape index (κ3) is 6.14. The molecule has 1 N–H and O–H groups in total. The highest BCUT2D eigenvalue weighted by Gasteiger charge is 2.44. The van der Waals surface area contributed by atoms with Crippen molar-refractivity contribution >= 4 is 41.0 Å². The van der Waals surface area contributed by atoms with Gasteiger partial charge in [-0.25, -0.2) is 0 Å². The maximum absolute atomic E-state index is 13.8. The van der Waals surface area contributed by atoms with Gasteiger partial charge in [-0.3, -0.25) is 14.4 Å². The lowest BCUT2D eigenvalue weighted by atomic mass is 9.79. The lowest BCUT2D eigenvalue weighted by molar-refractivity contribution is -0.143. The largest absolute Gasteiger partial charge is 0.466 e. The number of carbonyl (C=O) groups is 3. The molecule has 2 atom stereocenters. The average Bonchev–Trinajstić information content (AvgIpc) is 2.89. The summed E-state index contributed by atoms with van der Waals surface area (Å²) in [5.41, 5.74) is 2.74. The summed E-state index contributed by atoms with van der Waals surface area (Å²) < 4.78 is 5.09. The van der Waals surface area contributed by atoms with Crippen molar-refractivity contribution in [1.29, 1.82) is 0 Å². The van der Waals surface area contributed by atoms with E-state index in [4.69, 9.17) is 27.9 Å². The number of esters is 1. The number of fused-ring (bicyclic) bond motifs is 1. The first-order chi connectivity index (χ1) is 17.9. The summed E-state index contributed by atoms with van der Waals surface area (Å²) in [5.74, 6) is -1.66. The summed E-state index contributed by atoms with van der Waals surface area (Å²) >= 11 is 12.8. The lowest BCUT2D eigenvalue weighted by Gasteiger charge is -2.42. The Balaban J connectivity index is 1.72. The highest BCUT2D eigenvalue weighted by atomic mass is 35.5. The van der Waals surface area contributed by atoms with E-state index >= 15 is 0 Å². The lowest BCUT2D eigenvalue weighted by Crippen LogP contribution is -2.48. The third-order valence-electron chi connectivity index (χ3n) is 6.42. The Morgan fingerprint density at radius 1 is 0.973 bits per heavy atom. The summed E-state index contributed by atoms with van der Waals surface area (Å²) in [5, 5.41) is 3.84. The SMILES string of the molecule is CCOC(=O)CCN1C(=O)c2ccccc2[C@@H](C(=O)NCCc2ccccc2)[C@@H]1c1ccc(Cl)cc1Cl. The monoisotopic (exact) mass is 538 g/mol. The van der Waals surface area contributed by atoms with Crippen LogP contribution in [0.2, 0.25) is 10.0 Å². The topological polar surface area (TPSA) is 75.7 Å². The van der Waals surface area contributed by atoms with Crippen molar-refractivity contribution in [3.05, 3.63) is 105 Å². The second kappa shape index (κ2) is 12.3. The molecule has 2 amide bonds. The standard InChI is InChI=1S/C29H28Cl2N2O4/c1-2-37-25(34)15-17-33-27(23-13-12-20(30)18-24(23)31)26(21-10-6-7-11-22(21)29(33)36)28(35)32-16-14-19-8-4-3-5-9-19/h3-13,18,26-27H,2,14-17H2,1H3,(H,32,35)/t26-,27+/m1/s1. The predicted molar refractivity (Wildman–Crippen MR) is 144 cm³/mol. The van der Waals surface area contributed by atoms with Gasteiger partial charge in [0, 0.05) is 28.7 Å². The van der Waals surface area contributed by atoms with E-state index in [0.29, 0.717) is 39.7 Å². The minimum Gasteiger partial charge on any atom is -0.466 e. The molecule has 1 heterocycles. The zero-order valence-electron chi connectivity index (χ0n) is 20.5. The molecule has 3 aromatic rings. The van der Waals surface area contributed by atoms with Crippen molar-refractivity contribution in [1.82, 2.24) is 10.2 Å². The molecule has 0 aliphatic carbocycles. The Morgan fingerprint density at radius 3 is 2.43 bits per heavy atom. The summed E-state index contributed by atoms with van der Waals surface area (Å²) in [7, 11) is 0. The summed E-state index contributed by atoms with van der Waals surface area (Å²) in [6.45, 7) is 2.48. The van der Waals surface area contributed by atoms with E-state index < -0.39 is 17.9 Å². The van der Waals surface area contributed by atoms with Gasteiger partial charge in [0.2, 0.25) is 5.91 Å². The molecule has 6 nitrogen and oxygen atoms in total. The van der Waals surface area contributed by atoms with Gasteiger partial charge in [0.25, 0.3) is 5.91 Å². The Kier molecular flexibility index (Phi) is 8.85. The van der Waals surface area contributed by atoms with Gasteiger partial charge in [-0.05, 0) is 48.2 Å². The molecular formula is C29H28Cl2N2O4. The summed E-state index contributed by atoms with van der Waals surface area (Å²) in [6, 6.07) is 21.2. The Hall–Kier alpha value is -3.35. The highest BCUT2D eigenvalue weighted by molar-refractivity contribution is 6.35. The first-order valence-electron chi connectivity index (χ1n) is 12.2. The van der Waals surface area contributed by atoms with E-state index in [0.717, 1.165) is 5.56 Å². The van der Waals surface area contributed by atoms with Crippen LogP contribution in [0.1, 0.15) is 52.4 Å². The van der Waals surface area contributed by atoms with Crippen LogP contribution in [0.4, 0.5) is 0 Å². The fourth-order valence-corrected chi connectivity index (χ4v) is 5.26. The molecular weight excluding hydrogens is 511 g/mol. The second-order valence-corrected chi connectivity index (χ2v) is 9.60. The van der Waals surface area contributed by atoms with Crippen LogP contribution >= 0.6 is 23.2 Å². The normalized spacial score (nSPS) is 16.7. The molecule has 0 radical (unpaired) electrons. The van der Waals surface area contributed by atoms with Crippen molar-refractivity contribution in [3.63, 3.8) is 0 Å². The van der Waals surface area contributed by atoms with Gasteiger partial charge < -0.3 is 15.0 Å². The smallest absolute Gasteiger partial charge is 0.307 e. The van der Waals surface area contributed by atoms with Gasteiger partial charge in [0.1, 0.15) is 0 Å². The van der Waals surface area contributed by atoms with Crippen LogP contribution in [0.25, 0.3) is 0 Å². The number of benzene rings is 3. The number of carbonyl (C=O) groups excluding carboxylic acids is 3. The molecule has 0 bridgehead atoms. The van der Waals surface area contributed by atoms with E-state index in [-0.39, 0.29) is 31.4 Å². The average molecular weight is 539 g/mol. The van der Waals surface area contributed by atoms with E-state index in [1.54, 1.807) is 48.2 Å². The maximum atomic E-state index is 13.8. The minimum absolute atomic E-state index is 0.00813. The predicted octanol–water partition coefficient (Wildman–Crippen LogP) is 5.59. The van der Waals surface area contributed by atoms with Gasteiger partial charge in [-0.2, -0.15) is 0 Å². The fraction of sp³-hybridized carbons (Fsp3) is 0.276. The second-order valence-electron chi connectivity index (χ2n) is 8.76. The number of hydrogen-bond acceptors (Lipinski definition) is 4. The van der Waals surface area contributed by atoms with Gasteiger partial charge in [0.05, 0.1) is 25.0 Å². The Labute approximate surface area is 226 Å². The highest BCUT2D eigenvalue weighted by Crippen LogP contribution is 2.45. The first kappa shape index (κ1) is 26.7. The van der Waals surface area contributed by atoms with Gasteiger partial charge in [0.15, 0.2) is 0 Å². The van der Waals surface area contributed by atoms with Gasteiger partial charge in [-0.1, -0.05) is 77.8 Å². The molecule has 8 heteroatoms. The number of nitrogens with zero attached hydrogens (tertiary/aromatic N) is 1. The maximum Gasteiger partial charge on any atom is 0.307 e. The van der Waals surface area contributed by atoms with Crippen LogP contribution in [-0.4, -0.2) is 42.4 Å². The Bertz CT molecular complexity index is 1280. The van der Waals surface area contributed by atoms with Crippen LogP contribution < -0.4 is 5.32 Å². The molecule has 37 heavy (non-hydrogen) atoms. The molecule has 1 aliphatic rings. The summed E-state index contributed by atoms with van der Waals surface area (Å²) in [4.78, 5) is 41.2. The fourth-order valence-electron chi connectivity index (χ4n) is 4.74. The first-order valence-corrected chi connectivity index (χ1v) is 13.0. The van der Waals surface area contributed by atoms with E-state index in [9.17, 15) is 14.4 Å². The van der Waals surface area contributed by atoms with Crippen molar-refractivity contribution in [2.24, 2.45) is 0 Å². The van der Waals surface area contributed by atoms with Crippen molar-refractivity contribution in [3.8, 4) is 0 Å². The number of hydrogen-bond donors (Lipinski definition) is 1. The number of ether oxygens (including phenoxy) is 1.